The average molecular weight is 262 g/mol. The topological polar surface area (TPSA) is 72.3 Å². The van der Waals surface area contributed by atoms with Gasteiger partial charge in [0.2, 0.25) is 5.88 Å². The normalized spacial score (nSPS) is 10.2. The molecule has 0 unspecified atom stereocenters. The number of halogens is 1. The van der Waals surface area contributed by atoms with Gasteiger partial charge in [0.25, 0.3) is 0 Å². The highest BCUT2D eigenvalue weighted by molar-refractivity contribution is 5.90. The van der Waals surface area contributed by atoms with E-state index in [1.165, 1.54) is 6.33 Å². The second-order valence-corrected chi connectivity index (χ2v) is 3.75. The van der Waals surface area contributed by atoms with Gasteiger partial charge in [0.1, 0.15) is 23.5 Å². The van der Waals surface area contributed by atoms with Crippen molar-refractivity contribution >= 4 is 5.97 Å². The number of carboxylic acid groups (broad SMARTS) is 1. The summed E-state index contributed by atoms with van der Waals surface area (Å²) in [4.78, 5) is 18.9. The summed E-state index contributed by atoms with van der Waals surface area (Å²) in [5.41, 5.74) is 0.622. The average Bonchev–Trinajstić information content (AvgIpc) is 2.38. The van der Waals surface area contributed by atoms with Crippen LogP contribution in [0.1, 0.15) is 23.0 Å². The number of hydrogen-bond acceptors (Lipinski definition) is 4. The van der Waals surface area contributed by atoms with Gasteiger partial charge in [-0.05, 0) is 18.6 Å². The number of rotatable bonds is 4. The van der Waals surface area contributed by atoms with Gasteiger partial charge in [0.05, 0.1) is 0 Å². The van der Waals surface area contributed by atoms with E-state index in [1.807, 2.05) is 6.92 Å². The van der Waals surface area contributed by atoms with Crippen LogP contribution in [-0.4, -0.2) is 21.0 Å². The zero-order valence-corrected chi connectivity index (χ0v) is 10.1. The fourth-order valence-corrected chi connectivity index (χ4v) is 1.50. The fraction of sp³-hybridized carbons (Fsp3) is 0.154. The molecule has 1 aromatic heterocycles. The number of carbonyl (C=O) groups is 1. The van der Waals surface area contributed by atoms with Gasteiger partial charge in [-0.25, -0.2) is 19.2 Å². The van der Waals surface area contributed by atoms with Crippen LogP contribution >= 0.6 is 0 Å². The highest BCUT2D eigenvalue weighted by Crippen LogP contribution is 2.25. The first-order valence-corrected chi connectivity index (χ1v) is 5.61. The molecule has 0 saturated carbocycles. The highest BCUT2D eigenvalue weighted by Gasteiger charge is 2.13. The quantitative estimate of drug-likeness (QED) is 0.917. The van der Waals surface area contributed by atoms with E-state index in [1.54, 1.807) is 6.07 Å². The lowest BCUT2D eigenvalue weighted by Gasteiger charge is -2.08. The van der Waals surface area contributed by atoms with Crippen LogP contribution < -0.4 is 4.74 Å². The van der Waals surface area contributed by atoms with Gasteiger partial charge in [-0.1, -0.05) is 6.92 Å². The van der Waals surface area contributed by atoms with E-state index in [2.05, 4.69) is 9.97 Å². The van der Waals surface area contributed by atoms with Gasteiger partial charge < -0.3 is 9.84 Å². The van der Waals surface area contributed by atoms with Crippen molar-refractivity contribution in [3.05, 3.63) is 47.7 Å². The lowest BCUT2D eigenvalue weighted by Crippen LogP contribution is -2.01. The van der Waals surface area contributed by atoms with Gasteiger partial charge in [0, 0.05) is 17.8 Å². The molecule has 1 aromatic carbocycles. The minimum atomic E-state index is -1.19. The van der Waals surface area contributed by atoms with Crippen molar-refractivity contribution in [1.82, 2.24) is 9.97 Å². The van der Waals surface area contributed by atoms with Gasteiger partial charge in [0.15, 0.2) is 0 Å². The summed E-state index contributed by atoms with van der Waals surface area (Å²) in [6.07, 6.45) is 2.00. The Morgan fingerprint density at radius 2 is 2.16 bits per heavy atom. The van der Waals surface area contributed by atoms with Crippen LogP contribution in [0.15, 0.2) is 30.6 Å². The Morgan fingerprint density at radius 1 is 1.37 bits per heavy atom. The first-order valence-electron chi connectivity index (χ1n) is 5.61. The second kappa shape index (κ2) is 5.43. The lowest BCUT2D eigenvalue weighted by molar-refractivity contribution is 0.0694. The van der Waals surface area contributed by atoms with Crippen LogP contribution in [0.25, 0.3) is 0 Å². The molecule has 0 fully saturated rings. The summed E-state index contributed by atoms with van der Waals surface area (Å²) in [7, 11) is 0. The first kappa shape index (κ1) is 12.9. The smallest absolute Gasteiger partial charge is 0.339 e. The number of carboxylic acids is 1. The number of aromatic nitrogens is 2. The Morgan fingerprint density at radius 3 is 2.84 bits per heavy atom. The van der Waals surface area contributed by atoms with Crippen molar-refractivity contribution < 1.29 is 19.0 Å². The molecule has 0 saturated heterocycles. The van der Waals surface area contributed by atoms with Gasteiger partial charge >= 0.3 is 5.97 Å². The SMILES string of the molecule is CCc1cc(Oc2cc(F)ccc2C(=O)O)ncn1. The summed E-state index contributed by atoms with van der Waals surface area (Å²) in [5, 5.41) is 9.00. The Kier molecular flexibility index (Phi) is 3.70. The van der Waals surface area contributed by atoms with E-state index in [4.69, 9.17) is 9.84 Å². The van der Waals surface area contributed by atoms with E-state index in [-0.39, 0.29) is 17.2 Å². The molecule has 1 heterocycles. The maximum Gasteiger partial charge on any atom is 0.339 e. The van der Waals surface area contributed by atoms with E-state index >= 15 is 0 Å². The van der Waals surface area contributed by atoms with Crippen LogP contribution in [0.3, 0.4) is 0 Å². The molecular weight excluding hydrogens is 251 g/mol. The molecule has 0 radical (unpaired) electrons. The second-order valence-electron chi connectivity index (χ2n) is 3.75. The molecule has 0 spiro atoms. The van der Waals surface area contributed by atoms with E-state index in [9.17, 15) is 9.18 Å². The van der Waals surface area contributed by atoms with E-state index in [0.29, 0.717) is 6.42 Å². The maximum absolute atomic E-state index is 13.2. The molecule has 0 aliphatic carbocycles. The van der Waals surface area contributed by atoms with Crippen molar-refractivity contribution in [2.45, 2.75) is 13.3 Å². The molecule has 0 aliphatic heterocycles. The number of hydrogen-bond donors (Lipinski definition) is 1. The minimum absolute atomic E-state index is 0.0896. The number of nitrogens with zero attached hydrogens (tertiary/aromatic N) is 2. The standard InChI is InChI=1S/C13H11FN2O3/c1-2-9-6-12(16-7-15-9)19-11-5-8(14)3-4-10(11)13(17)18/h3-7H,2H2,1H3,(H,17,18). The Bertz CT molecular complexity index is 617. The van der Waals surface area contributed by atoms with Crippen molar-refractivity contribution in [3.8, 4) is 11.6 Å². The highest BCUT2D eigenvalue weighted by atomic mass is 19.1. The molecule has 0 atom stereocenters. The minimum Gasteiger partial charge on any atom is -0.478 e. The zero-order valence-electron chi connectivity index (χ0n) is 10.1. The predicted octanol–water partition coefficient (Wildman–Crippen LogP) is 2.67. The molecule has 98 valence electrons. The Hall–Kier alpha value is -2.50. The third-order valence-corrected chi connectivity index (χ3v) is 2.45. The molecule has 0 bridgehead atoms. The summed E-state index contributed by atoms with van der Waals surface area (Å²) < 4.78 is 18.5. The third-order valence-electron chi connectivity index (χ3n) is 2.45. The van der Waals surface area contributed by atoms with Crippen LogP contribution in [0, 0.1) is 5.82 Å². The van der Waals surface area contributed by atoms with Gasteiger partial charge in [-0.15, -0.1) is 0 Å². The molecule has 5 nitrogen and oxygen atoms in total. The van der Waals surface area contributed by atoms with Gasteiger partial charge in [-0.3, -0.25) is 0 Å². The zero-order chi connectivity index (χ0) is 13.8. The first-order chi connectivity index (χ1) is 9.10. The maximum atomic E-state index is 13.2. The Balaban J connectivity index is 2.36. The monoisotopic (exact) mass is 262 g/mol. The number of aromatic carboxylic acids is 1. The largest absolute Gasteiger partial charge is 0.478 e. The van der Waals surface area contributed by atoms with E-state index < -0.39 is 11.8 Å². The summed E-state index contributed by atoms with van der Waals surface area (Å²) in [6, 6.07) is 4.80. The predicted molar refractivity (Wildman–Crippen MR) is 64.8 cm³/mol. The van der Waals surface area contributed by atoms with Gasteiger partial charge in [-0.2, -0.15) is 0 Å². The summed E-state index contributed by atoms with van der Waals surface area (Å²) >= 11 is 0. The Labute approximate surface area is 108 Å². The summed E-state index contributed by atoms with van der Waals surface area (Å²) in [5.74, 6) is -1.68. The van der Waals surface area contributed by atoms with Crippen molar-refractivity contribution in [2.75, 3.05) is 0 Å². The molecule has 2 rings (SSSR count). The molecule has 2 aromatic rings. The van der Waals surface area contributed by atoms with Crippen LogP contribution in [0.4, 0.5) is 4.39 Å². The third kappa shape index (κ3) is 3.04. The van der Waals surface area contributed by atoms with Crippen LogP contribution in [-0.2, 0) is 6.42 Å². The van der Waals surface area contributed by atoms with Crippen LogP contribution in [0.2, 0.25) is 0 Å². The molecule has 6 heteroatoms. The molecule has 1 N–H and O–H groups in total. The molecule has 0 aliphatic rings. The lowest BCUT2D eigenvalue weighted by atomic mass is 10.2. The fourth-order valence-electron chi connectivity index (χ4n) is 1.50. The van der Waals surface area contributed by atoms with Crippen molar-refractivity contribution in [3.63, 3.8) is 0 Å². The van der Waals surface area contributed by atoms with Crippen molar-refractivity contribution in [2.24, 2.45) is 0 Å². The molecule has 19 heavy (non-hydrogen) atoms. The molecular formula is C13H11FN2O3. The van der Waals surface area contributed by atoms with E-state index in [0.717, 1.165) is 23.9 Å². The van der Waals surface area contributed by atoms with Crippen LogP contribution in [0.5, 0.6) is 11.6 Å². The summed E-state index contributed by atoms with van der Waals surface area (Å²) in [6.45, 7) is 1.91. The number of benzene rings is 1. The molecule has 0 amide bonds. The number of aryl methyl sites for hydroxylation is 1. The van der Waals surface area contributed by atoms with Crippen molar-refractivity contribution in [1.29, 1.82) is 0 Å². The number of ether oxygens (including phenoxy) is 1.